The van der Waals surface area contributed by atoms with E-state index in [9.17, 15) is 14.4 Å². The van der Waals surface area contributed by atoms with Crippen molar-refractivity contribution in [3.05, 3.63) is 41.6 Å². The average Bonchev–Trinajstić information content (AvgIpc) is 3.20. The van der Waals surface area contributed by atoms with Crippen LogP contribution in [0.15, 0.2) is 30.3 Å². The van der Waals surface area contributed by atoms with Crippen LogP contribution in [0, 0.1) is 12.8 Å². The first kappa shape index (κ1) is 18.8. The van der Waals surface area contributed by atoms with Crippen LogP contribution in [0.5, 0.6) is 0 Å². The normalized spacial score (nSPS) is 14.1. The lowest BCUT2D eigenvalue weighted by atomic mass is 10.1. The molecule has 0 atom stereocenters. The van der Waals surface area contributed by atoms with Gasteiger partial charge >= 0.3 is 0 Å². The summed E-state index contributed by atoms with van der Waals surface area (Å²) in [6.07, 6.45) is 4.14. The van der Waals surface area contributed by atoms with Gasteiger partial charge in [0.05, 0.1) is 11.1 Å². The number of rotatable bonds is 5. The molecule has 7 nitrogen and oxygen atoms in total. The number of pyridine rings is 1. The zero-order valence-corrected chi connectivity index (χ0v) is 15.4. The van der Waals surface area contributed by atoms with Crippen molar-refractivity contribution in [3.8, 4) is 0 Å². The Morgan fingerprint density at radius 2 is 1.85 bits per heavy atom. The van der Waals surface area contributed by atoms with Gasteiger partial charge in [0.1, 0.15) is 0 Å². The summed E-state index contributed by atoms with van der Waals surface area (Å²) in [6.45, 7) is 2.07. The van der Waals surface area contributed by atoms with E-state index in [2.05, 4.69) is 21.2 Å². The molecule has 0 aliphatic heterocycles. The lowest BCUT2D eigenvalue weighted by Crippen LogP contribution is -2.43. The molecule has 0 unspecified atom stereocenters. The van der Waals surface area contributed by atoms with E-state index in [4.69, 9.17) is 0 Å². The Labute approximate surface area is 157 Å². The second-order valence-electron chi connectivity index (χ2n) is 6.85. The Morgan fingerprint density at radius 3 is 2.63 bits per heavy atom. The quantitative estimate of drug-likeness (QED) is 0.703. The number of hydrazine groups is 1. The monoisotopic (exact) mass is 368 g/mol. The molecule has 7 heteroatoms. The van der Waals surface area contributed by atoms with Crippen LogP contribution in [0.2, 0.25) is 0 Å². The number of para-hydroxylation sites is 1. The number of benzene rings is 1. The highest BCUT2D eigenvalue weighted by atomic mass is 16.2. The van der Waals surface area contributed by atoms with E-state index in [0.29, 0.717) is 5.56 Å². The van der Waals surface area contributed by atoms with Crippen LogP contribution >= 0.6 is 0 Å². The molecular weight excluding hydrogens is 344 g/mol. The largest absolute Gasteiger partial charge is 0.355 e. The molecule has 0 radical (unpaired) electrons. The molecule has 1 aliphatic rings. The van der Waals surface area contributed by atoms with Gasteiger partial charge in [0.2, 0.25) is 11.8 Å². The van der Waals surface area contributed by atoms with Gasteiger partial charge in [0.25, 0.3) is 5.91 Å². The highest BCUT2D eigenvalue weighted by Crippen LogP contribution is 2.24. The fraction of sp³-hybridized carbons (Fsp3) is 0.400. The lowest BCUT2D eigenvalue weighted by Gasteiger charge is -2.12. The molecular formula is C20H24N4O3. The van der Waals surface area contributed by atoms with Gasteiger partial charge < -0.3 is 5.32 Å². The molecule has 1 aliphatic carbocycles. The number of aromatic nitrogens is 1. The van der Waals surface area contributed by atoms with Gasteiger partial charge in [0.15, 0.2) is 0 Å². The second kappa shape index (κ2) is 8.62. The van der Waals surface area contributed by atoms with Crippen molar-refractivity contribution >= 4 is 28.6 Å². The Kier molecular flexibility index (Phi) is 6.01. The van der Waals surface area contributed by atoms with Crippen LogP contribution in [0.1, 0.15) is 48.2 Å². The van der Waals surface area contributed by atoms with Crippen LogP contribution in [0.25, 0.3) is 10.9 Å². The number of hydrogen-bond acceptors (Lipinski definition) is 4. The standard InChI is InChI=1S/C20H24N4O3/c1-13-12-16(15-8-4-5-9-17(15)22-13)20(27)24-23-18(25)10-11-21-19(26)14-6-2-3-7-14/h4-5,8-9,12,14H,2-3,6-7,10-11H2,1H3,(H,21,26)(H,23,25)(H,24,27). The number of aryl methyl sites for hydroxylation is 1. The maximum Gasteiger partial charge on any atom is 0.270 e. The van der Waals surface area contributed by atoms with Crippen LogP contribution in [-0.4, -0.2) is 29.3 Å². The van der Waals surface area contributed by atoms with Crippen molar-refractivity contribution in [2.24, 2.45) is 5.92 Å². The first-order valence-electron chi connectivity index (χ1n) is 9.28. The molecule has 1 fully saturated rings. The summed E-state index contributed by atoms with van der Waals surface area (Å²) in [7, 11) is 0. The van der Waals surface area contributed by atoms with Crippen molar-refractivity contribution in [1.82, 2.24) is 21.2 Å². The van der Waals surface area contributed by atoms with Crippen LogP contribution < -0.4 is 16.2 Å². The molecule has 3 amide bonds. The summed E-state index contributed by atoms with van der Waals surface area (Å²) in [5.74, 6) is -0.663. The number of fused-ring (bicyclic) bond motifs is 1. The number of carbonyl (C=O) groups excluding carboxylic acids is 3. The summed E-state index contributed by atoms with van der Waals surface area (Å²) in [5.41, 5.74) is 6.73. The minimum Gasteiger partial charge on any atom is -0.355 e. The second-order valence-corrected chi connectivity index (χ2v) is 6.85. The molecule has 0 saturated heterocycles. The fourth-order valence-electron chi connectivity index (χ4n) is 3.38. The van der Waals surface area contributed by atoms with E-state index in [1.54, 1.807) is 6.07 Å². The van der Waals surface area contributed by atoms with E-state index in [0.717, 1.165) is 42.3 Å². The highest BCUT2D eigenvalue weighted by Gasteiger charge is 2.22. The maximum absolute atomic E-state index is 12.4. The van der Waals surface area contributed by atoms with Crippen LogP contribution in [-0.2, 0) is 9.59 Å². The number of carbonyl (C=O) groups is 3. The fourth-order valence-corrected chi connectivity index (χ4v) is 3.38. The Bertz CT molecular complexity index is 859. The number of amides is 3. The number of nitrogens with one attached hydrogen (secondary N) is 3. The first-order valence-corrected chi connectivity index (χ1v) is 9.28. The molecule has 3 rings (SSSR count). The molecule has 1 heterocycles. The predicted molar refractivity (Wildman–Crippen MR) is 102 cm³/mol. The average molecular weight is 368 g/mol. The van der Waals surface area contributed by atoms with Gasteiger partial charge in [-0.1, -0.05) is 31.0 Å². The van der Waals surface area contributed by atoms with Gasteiger partial charge in [-0.3, -0.25) is 30.2 Å². The van der Waals surface area contributed by atoms with E-state index in [1.807, 2.05) is 31.2 Å². The summed E-state index contributed by atoms with van der Waals surface area (Å²) in [4.78, 5) is 40.7. The minimum absolute atomic E-state index is 0.0167. The van der Waals surface area contributed by atoms with Crippen molar-refractivity contribution in [2.45, 2.75) is 39.0 Å². The van der Waals surface area contributed by atoms with Crippen molar-refractivity contribution in [3.63, 3.8) is 0 Å². The molecule has 1 aromatic heterocycles. The molecule has 1 aromatic carbocycles. The summed E-state index contributed by atoms with van der Waals surface area (Å²) in [6, 6.07) is 9.03. The summed E-state index contributed by atoms with van der Waals surface area (Å²) >= 11 is 0. The third kappa shape index (κ3) is 4.81. The van der Waals surface area contributed by atoms with Crippen LogP contribution in [0.4, 0.5) is 0 Å². The lowest BCUT2D eigenvalue weighted by molar-refractivity contribution is -0.125. The topological polar surface area (TPSA) is 100 Å². The van der Waals surface area contributed by atoms with E-state index in [-0.39, 0.29) is 30.7 Å². The first-order chi connectivity index (χ1) is 13.0. The molecule has 142 valence electrons. The third-order valence-electron chi connectivity index (χ3n) is 4.78. The summed E-state index contributed by atoms with van der Waals surface area (Å²) < 4.78 is 0. The van der Waals surface area contributed by atoms with Crippen molar-refractivity contribution in [2.75, 3.05) is 6.54 Å². The van der Waals surface area contributed by atoms with Gasteiger partial charge in [-0.2, -0.15) is 0 Å². The highest BCUT2D eigenvalue weighted by molar-refractivity contribution is 6.06. The van der Waals surface area contributed by atoms with Crippen molar-refractivity contribution in [1.29, 1.82) is 0 Å². The van der Waals surface area contributed by atoms with Gasteiger partial charge in [0, 0.05) is 30.0 Å². The summed E-state index contributed by atoms with van der Waals surface area (Å²) in [5, 5.41) is 3.51. The minimum atomic E-state index is -0.403. The zero-order valence-electron chi connectivity index (χ0n) is 15.4. The number of nitrogens with zero attached hydrogens (tertiary/aromatic N) is 1. The van der Waals surface area contributed by atoms with Crippen molar-refractivity contribution < 1.29 is 14.4 Å². The molecule has 27 heavy (non-hydrogen) atoms. The van der Waals surface area contributed by atoms with Crippen LogP contribution in [0.3, 0.4) is 0 Å². The SMILES string of the molecule is Cc1cc(C(=O)NNC(=O)CCNC(=O)C2CCCC2)c2ccccc2n1. The number of hydrogen-bond donors (Lipinski definition) is 3. The Balaban J connectivity index is 1.49. The maximum atomic E-state index is 12.4. The van der Waals surface area contributed by atoms with E-state index >= 15 is 0 Å². The zero-order chi connectivity index (χ0) is 19.2. The predicted octanol–water partition coefficient (Wildman–Crippen LogP) is 2.00. The smallest absolute Gasteiger partial charge is 0.270 e. The van der Waals surface area contributed by atoms with E-state index < -0.39 is 5.91 Å². The Hall–Kier alpha value is -2.96. The molecule has 0 spiro atoms. The Morgan fingerprint density at radius 1 is 1.11 bits per heavy atom. The third-order valence-corrected chi connectivity index (χ3v) is 4.78. The molecule has 0 bridgehead atoms. The molecule has 2 aromatic rings. The van der Waals surface area contributed by atoms with E-state index in [1.165, 1.54) is 0 Å². The van der Waals surface area contributed by atoms with Gasteiger partial charge in [-0.05, 0) is 31.9 Å². The molecule has 3 N–H and O–H groups in total. The van der Waals surface area contributed by atoms with Gasteiger partial charge in [-0.15, -0.1) is 0 Å². The molecule has 1 saturated carbocycles. The van der Waals surface area contributed by atoms with Gasteiger partial charge in [-0.25, -0.2) is 0 Å².